The molecule has 0 spiro atoms. The third-order valence-corrected chi connectivity index (χ3v) is 10.8. The van der Waals surface area contributed by atoms with Crippen LogP contribution >= 0.6 is 0 Å². The Morgan fingerprint density at radius 1 is 0.333 bits per heavy atom. The van der Waals surface area contributed by atoms with E-state index in [9.17, 15) is 0 Å². The molecule has 2 heterocycles. The summed E-state index contributed by atoms with van der Waals surface area (Å²) >= 11 is 0. The summed E-state index contributed by atoms with van der Waals surface area (Å²) < 4.78 is 6.07. The van der Waals surface area contributed by atoms with Gasteiger partial charge in [0, 0.05) is 50.4 Å². The lowest BCUT2D eigenvalue weighted by Gasteiger charge is -2.26. The van der Waals surface area contributed by atoms with E-state index < -0.39 is 0 Å². The van der Waals surface area contributed by atoms with Crippen LogP contribution in [0.5, 0.6) is 0 Å². The summed E-state index contributed by atoms with van der Waals surface area (Å²) in [5.41, 5.74) is 16.8. The first-order valence-corrected chi connectivity index (χ1v) is 20.0. The Kier molecular flexibility index (Phi) is 9.56. The van der Waals surface area contributed by atoms with Crippen LogP contribution in [0.4, 0.5) is 17.1 Å². The zero-order valence-corrected chi connectivity index (χ0v) is 33.2. The van der Waals surface area contributed by atoms with Crippen molar-refractivity contribution in [3.8, 4) is 67.7 Å². The van der Waals surface area contributed by atoms with Crippen LogP contribution in [0.3, 0.4) is 0 Å². The molecule has 0 amide bonds. The minimum absolute atomic E-state index is 0.471. The van der Waals surface area contributed by atoms with Gasteiger partial charge in [-0.2, -0.15) is 0 Å². The number of aryl methyl sites for hydroxylation is 2. The molecule has 0 aliphatic rings. The van der Waals surface area contributed by atoms with Gasteiger partial charge < -0.3 is 9.32 Å². The molecule has 10 aromatic rings. The van der Waals surface area contributed by atoms with E-state index in [-0.39, 0.29) is 0 Å². The largest absolute Gasteiger partial charge is 0.416 e. The minimum Gasteiger partial charge on any atom is -0.416 e. The number of hydrogen-bond acceptors (Lipinski definition) is 6. The highest BCUT2D eigenvalue weighted by atomic mass is 16.4. The maximum absolute atomic E-state index is 6.07. The highest BCUT2D eigenvalue weighted by molar-refractivity contribution is 6.03. The molecule has 0 aliphatic heterocycles. The van der Waals surface area contributed by atoms with Gasteiger partial charge in [0.1, 0.15) is 0 Å². The molecular weight excluding hydrogens is 735 g/mol. The molecule has 0 N–H and O–H groups in total. The fourth-order valence-corrected chi connectivity index (χ4v) is 7.65. The van der Waals surface area contributed by atoms with E-state index in [4.69, 9.17) is 14.4 Å². The molecular formula is C54H39N5O. The van der Waals surface area contributed by atoms with Gasteiger partial charge in [-0.25, -0.2) is 9.97 Å². The summed E-state index contributed by atoms with van der Waals surface area (Å²) in [7, 11) is 0. The molecule has 0 saturated heterocycles. The van der Waals surface area contributed by atoms with Crippen LogP contribution < -0.4 is 4.90 Å². The van der Waals surface area contributed by atoms with Crippen LogP contribution in [0.15, 0.2) is 205 Å². The molecule has 0 saturated carbocycles. The third kappa shape index (κ3) is 7.12. The van der Waals surface area contributed by atoms with Crippen LogP contribution in [0.25, 0.3) is 78.7 Å². The summed E-state index contributed by atoms with van der Waals surface area (Å²) in [6.45, 7) is 4.23. The third-order valence-electron chi connectivity index (χ3n) is 10.8. The summed E-state index contributed by atoms with van der Waals surface area (Å²) in [5.74, 6) is 0.962. The lowest BCUT2D eigenvalue weighted by molar-refractivity contribution is 0.584. The smallest absolute Gasteiger partial charge is 0.248 e. The molecule has 0 bridgehead atoms. The van der Waals surface area contributed by atoms with E-state index in [1.165, 1.54) is 11.1 Å². The fraction of sp³-hybridized carbons (Fsp3) is 0.0370. The number of nitrogens with zero attached hydrogens (tertiary/aromatic N) is 5. The average molecular weight is 774 g/mol. The molecule has 286 valence electrons. The first-order chi connectivity index (χ1) is 29.6. The second-order valence-electron chi connectivity index (χ2n) is 14.9. The predicted molar refractivity (Wildman–Crippen MR) is 244 cm³/mol. The van der Waals surface area contributed by atoms with Crippen LogP contribution in [0.1, 0.15) is 11.1 Å². The maximum Gasteiger partial charge on any atom is 0.248 e. The van der Waals surface area contributed by atoms with Crippen LogP contribution in [-0.2, 0) is 0 Å². The molecule has 0 aliphatic carbocycles. The molecule has 0 unspecified atom stereocenters. The standard InChI is InChI=1S/C54H39N5O/c1-36-18-22-38(23-19-36)47-34-35-48(39-24-20-37(2)21-25-39)52-51(47)55-49(40-12-6-3-7-13-40)50(56-52)41-26-30-45(31-27-41)59(44-16-10-5-11-17-44)46-32-28-43(29-33-46)54-58-57-53(60-54)42-14-8-4-9-15-42/h3-35H,1-2H3. The quantitative estimate of drug-likeness (QED) is 0.145. The number of benzene rings is 8. The van der Waals surface area contributed by atoms with Crippen molar-refractivity contribution in [3.63, 3.8) is 0 Å². The van der Waals surface area contributed by atoms with Crippen molar-refractivity contribution in [1.29, 1.82) is 0 Å². The normalized spacial score (nSPS) is 11.2. The Hall–Kier alpha value is -7.96. The van der Waals surface area contributed by atoms with Gasteiger partial charge in [0.05, 0.1) is 22.4 Å². The number of rotatable bonds is 9. The van der Waals surface area contributed by atoms with Gasteiger partial charge in [0.15, 0.2) is 0 Å². The van der Waals surface area contributed by atoms with Crippen molar-refractivity contribution in [2.75, 3.05) is 4.90 Å². The highest BCUT2D eigenvalue weighted by Crippen LogP contribution is 2.41. The molecule has 10 rings (SSSR count). The summed E-state index contributed by atoms with van der Waals surface area (Å²) in [6.07, 6.45) is 0. The lowest BCUT2D eigenvalue weighted by Crippen LogP contribution is -2.09. The number of aromatic nitrogens is 4. The second kappa shape index (κ2) is 15.8. The van der Waals surface area contributed by atoms with Crippen LogP contribution in [0.2, 0.25) is 0 Å². The first-order valence-electron chi connectivity index (χ1n) is 20.0. The minimum atomic E-state index is 0.471. The van der Waals surface area contributed by atoms with Crippen LogP contribution in [-0.4, -0.2) is 20.2 Å². The van der Waals surface area contributed by atoms with E-state index in [0.29, 0.717) is 11.8 Å². The molecule has 8 aromatic carbocycles. The molecule has 0 radical (unpaired) electrons. The highest BCUT2D eigenvalue weighted by Gasteiger charge is 2.20. The number of anilines is 3. The molecule has 6 nitrogen and oxygen atoms in total. The lowest BCUT2D eigenvalue weighted by atomic mass is 9.95. The van der Waals surface area contributed by atoms with Gasteiger partial charge in [-0.05, 0) is 85.6 Å². The molecule has 0 fully saturated rings. The summed E-state index contributed by atoms with van der Waals surface area (Å²) in [6, 6.07) is 69.1. The van der Waals surface area contributed by atoms with E-state index in [2.05, 4.69) is 175 Å². The zero-order chi connectivity index (χ0) is 40.4. The Balaban J connectivity index is 1.08. The van der Waals surface area contributed by atoms with Crippen LogP contribution in [0, 0.1) is 13.8 Å². The number of fused-ring (bicyclic) bond motifs is 1. The van der Waals surface area contributed by atoms with E-state index in [0.717, 1.165) is 84.0 Å². The maximum atomic E-state index is 6.07. The number of para-hydroxylation sites is 1. The number of hydrogen-bond donors (Lipinski definition) is 0. The Morgan fingerprint density at radius 2 is 0.683 bits per heavy atom. The molecule has 60 heavy (non-hydrogen) atoms. The molecule has 0 atom stereocenters. The van der Waals surface area contributed by atoms with E-state index >= 15 is 0 Å². The SMILES string of the molecule is Cc1ccc(-c2ccc(-c3ccc(C)cc3)c3nc(-c4ccc(N(c5ccccc5)c5ccc(-c6nnc(-c7ccccc7)o6)cc5)cc4)c(-c4ccccc4)nc23)cc1. The van der Waals surface area contributed by atoms with Gasteiger partial charge in [0.25, 0.3) is 0 Å². The van der Waals surface area contributed by atoms with Crippen molar-refractivity contribution in [2.45, 2.75) is 13.8 Å². The van der Waals surface area contributed by atoms with Gasteiger partial charge in [-0.3, -0.25) is 0 Å². The predicted octanol–water partition coefficient (Wildman–Crippen LogP) is 14.1. The average Bonchev–Trinajstić information content (AvgIpc) is 3.81. The molecule has 6 heteroatoms. The monoisotopic (exact) mass is 773 g/mol. The zero-order valence-electron chi connectivity index (χ0n) is 33.2. The topological polar surface area (TPSA) is 67.9 Å². The van der Waals surface area contributed by atoms with Gasteiger partial charge in [-0.15, -0.1) is 10.2 Å². The van der Waals surface area contributed by atoms with E-state index in [1.54, 1.807) is 0 Å². The summed E-state index contributed by atoms with van der Waals surface area (Å²) in [4.78, 5) is 13.4. The molecule has 2 aromatic heterocycles. The Morgan fingerprint density at radius 3 is 1.15 bits per heavy atom. The van der Waals surface area contributed by atoms with E-state index in [1.807, 2.05) is 54.6 Å². The fourth-order valence-electron chi connectivity index (χ4n) is 7.65. The van der Waals surface area contributed by atoms with Crippen molar-refractivity contribution in [2.24, 2.45) is 0 Å². The second-order valence-corrected chi connectivity index (χ2v) is 14.9. The van der Waals surface area contributed by atoms with Gasteiger partial charge >= 0.3 is 0 Å². The first kappa shape index (κ1) is 36.4. The Labute approximate surface area is 349 Å². The van der Waals surface area contributed by atoms with Gasteiger partial charge in [-0.1, -0.05) is 151 Å². The summed E-state index contributed by atoms with van der Waals surface area (Å²) in [5, 5.41) is 8.65. The van der Waals surface area contributed by atoms with Gasteiger partial charge in [0.2, 0.25) is 11.8 Å². The van der Waals surface area contributed by atoms with Crippen molar-refractivity contribution in [3.05, 3.63) is 211 Å². The Bertz CT molecular complexity index is 3060. The van der Waals surface area contributed by atoms with Crippen molar-refractivity contribution >= 4 is 28.1 Å². The van der Waals surface area contributed by atoms with Crippen molar-refractivity contribution in [1.82, 2.24) is 20.2 Å². The van der Waals surface area contributed by atoms with Crippen molar-refractivity contribution < 1.29 is 4.42 Å².